The molecule has 4 N–H and O–H groups in total. The van der Waals surface area contributed by atoms with Gasteiger partial charge in [-0.25, -0.2) is 23.1 Å². The van der Waals surface area contributed by atoms with Crippen LogP contribution >= 0.6 is 0 Å². The molecule has 0 saturated carbocycles. The van der Waals surface area contributed by atoms with Gasteiger partial charge in [0.15, 0.2) is 0 Å². The molecule has 0 bridgehead atoms. The van der Waals surface area contributed by atoms with Crippen molar-refractivity contribution in [1.29, 1.82) is 0 Å². The van der Waals surface area contributed by atoms with E-state index in [1.54, 1.807) is 12.1 Å². The maximum atomic E-state index is 12.5. The maximum absolute atomic E-state index is 12.5. The molecule has 0 radical (unpaired) electrons. The lowest BCUT2D eigenvalue weighted by Crippen LogP contribution is -2.32. The van der Waals surface area contributed by atoms with Crippen molar-refractivity contribution in [2.75, 3.05) is 18.4 Å². The maximum Gasteiger partial charge on any atom is 0.267 e. The summed E-state index contributed by atoms with van der Waals surface area (Å²) in [5, 5.41) is 6.90. The van der Waals surface area contributed by atoms with Crippen molar-refractivity contribution in [3.05, 3.63) is 47.4 Å². The number of hydrogen-bond acceptors (Lipinski definition) is 6. The Morgan fingerprint density at radius 3 is 2.77 bits per heavy atom. The molecule has 2 aromatic heterocycles. The van der Waals surface area contributed by atoms with E-state index >= 15 is 0 Å². The molecule has 1 atom stereocenters. The van der Waals surface area contributed by atoms with Crippen LogP contribution in [0.3, 0.4) is 0 Å². The Morgan fingerprint density at radius 2 is 2.03 bits per heavy atom. The van der Waals surface area contributed by atoms with E-state index in [-0.39, 0.29) is 17.9 Å². The van der Waals surface area contributed by atoms with Crippen molar-refractivity contribution < 1.29 is 13.2 Å². The van der Waals surface area contributed by atoms with Crippen LogP contribution < -0.4 is 15.4 Å². The molecule has 0 fully saturated rings. The summed E-state index contributed by atoms with van der Waals surface area (Å²) < 4.78 is 27.5. The van der Waals surface area contributed by atoms with Crippen LogP contribution in [-0.2, 0) is 16.4 Å². The molecule has 4 rings (SSSR count). The van der Waals surface area contributed by atoms with Crippen molar-refractivity contribution in [2.45, 2.75) is 38.1 Å². The summed E-state index contributed by atoms with van der Waals surface area (Å²) in [6, 6.07) is 7.13. The van der Waals surface area contributed by atoms with E-state index < -0.39 is 10.0 Å². The zero-order valence-corrected chi connectivity index (χ0v) is 18.5. The van der Waals surface area contributed by atoms with E-state index in [0.29, 0.717) is 47.0 Å². The highest BCUT2D eigenvalue weighted by atomic mass is 32.2. The summed E-state index contributed by atoms with van der Waals surface area (Å²) in [5.74, 6) is 0.512. The Bertz CT molecular complexity index is 1240. The molecule has 0 unspecified atom stereocenters. The number of aromatic nitrogens is 3. The van der Waals surface area contributed by atoms with Gasteiger partial charge in [0.05, 0.1) is 16.3 Å². The highest BCUT2D eigenvalue weighted by molar-refractivity contribution is 7.89. The van der Waals surface area contributed by atoms with Gasteiger partial charge in [-0.15, -0.1) is 0 Å². The second-order valence-corrected chi connectivity index (χ2v) is 9.64. The van der Waals surface area contributed by atoms with Crippen molar-refractivity contribution in [2.24, 2.45) is 5.92 Å². The predicted molar refractivity (Wildman–Crippen MR) is 118 cm³/mol. The normalized spacial score (nSPS) is 16.1. The number of benzene rings is 1. The summed E-state index contributed by atoms with van der Waals surface area (Å²) >= 11 is 0. The number of nitrogens with one attached hydrogen (secondary N) is 4. The lowest BCUT2D eigenvalue weighted by atomic mass is 9.94. The van der Waals surface area contributed by atoms with E-state index in [2.05, 4.69) is 44.2 Å². The number of aromatic amines is 1. The Labute approximate surface area is 181 Å². The van der Waals surface area contributed by atoms with Crippen LogP contribution in [0, 0.1) is 5.92 Å². The SMILES string of the molecule is CCNC(=O)c1cc2c(N[C@H](c3ccc4c(c3)S(=O)(=O)NCC4)C(C)C)ncnc2[nH]1. The first kappa shape index (κ1) is 21.3. The van der Waals surface area contributed by atoms with E-state index in [9.17, 15) is 13.2 Å². The van der Waals surface area contributed by atoms with Crippen molar-refractivity contribution in [3.63, 3.8) is 0 Å². The average Bonchev–Trinajstić information content (AvgIpc) is 3.17. The Balaban J connectivity index is 1.72. The second-order valence-electron chi connectivity index (χ2n) is 7.91. The highest BCUT2D eigenvalue weighted by Crippen LogP contribution is 2.32. The first-order chi connectivity index (χ1) is 14.8. The first-order valence-corrected chi connectivity index (χ1v) is 11.8. The summed E-state index contributed by atoms with van der Waals surface area (Å²) in [6.45, 7) is 6.91. The van der Waals surface area contributed by atoms with Crippen LogP contribution in [0.1, 0.15) is 48.4 Å². The number of fused-ring (bicyclic) bond motifs is 2. The summed E-state index contributed by atoms with van der Waals surface area (Å²) in [5.41, 5.74) is 2.64. The number of carbonyl (C=O) groups excluding carboxylic acids is 1. The minimum Gasteiger partial charge on any atom is -0.362 e. The highest BCUT2D eigenvalue weighted by Gasteiger charge is 2.26. The Morgan fingerprint density at radius 1 is 1.23 bits per heavy atom. The second kappa shape index (κ2) is 8.27. The van der Waals surface area contributed by atoms with Crippen LogP contribution in [0.5, 0.6) is 0 Å². The number of sulfonamides is 1. The zero-order valence-electron chi connectivity index (χ0n) is 17.7. The molecule has 1 aliphatic heterocycles. The van der Waals surface area contributed by atoms with Gasteiger partial charge in [-0.05, 0) is 42.5 Å². The summed E-state index contributed by atoms with van der Waals surface area (Å²) in [6.07, 6.45) is 2.11. The fraction of sp³-hybridized carbons (Fsp3) is 0.381. The van der Waals surface area contributed by atoms with Gasteiger partial charge < -0.3 is 15.6 Å². The molecule has 9 nitrogen and oxygen atoms in total. The van der Waals surface area contributed by atoms with Gasteiger partial charge in [0.2, 0.25) is 10.0 Å². The molecule has 1 amide bonds. The van der Waals surface area contributed by atoms with Gasteiger partial charge in [-0.1, -0.05) is 26.0 Å². The van der Waals surface area contributed by atoms with Crippen LogP contribution in [0.4, 0.5) is 5.82 Å². The van der Waals surface area contributed by atoms with E-state index in [1.807, 2.05) is 19.1 Å². The number of H-pyrrole nitrogens is 1. The Hall–Kier alpha value is -2.98. The largest absolute Gasteiger partial charge is 0.362 e. The third-order valence-electron chi connectivity index (χ3n) is 5.39. The average molecular weight is 443 g/mol. The van der Waals surface area contributed by atoms with Crippen LogP contribution in [0.25, 0.3) is 11.0 Å². The topological polar surface area (TPSA) is 129 Å². The van der Waals surface area contributed by atoms with Gasteiger partial charge in [0.25, 0.3) is 5.91 Å². The molecule has 31 heavy (non-hydrogen) atoms. The third kappa shape index (κ3) is 4.13. The van der Waals surface area contributed by atoms with Gasteiger partial charge in [0, 0.05) is 13.1 Å². The smallest absolute Gasteiger partial charge is 0.267 e. The molecule has 0 saturated heterocycles. The number of amides is 1. The lowest BCUT2D eigenvalue weighted by Gasteiger charge is -2.26. The fourth-order valence-corrected chi connectivity index (χ4v) is 5.17. The van der Waals surface area contributed by atoms with E-state index in [4.69, 9.17) is 0 Å². The fourth-order valence-electron chi connectivity index (χ4n) is 3.83. The van der Waals surface area contributed by atoms with Crippen LogP contribution in [0.15, 0.2) is 35.5 Å². The molecule has 10 heteroatoms. The molecular weight excluding hydrogens is 416 g/mol. The predicted octanol–water partition coefficient (Wildman–Crippen LogP) is 2.35. The zero-order chi connectivity index (χ0) is 22.2. The number of anilines is 1. The lowest BCUT2D eigenvalue weighted by molar-refractivity contribution is 0.0951. The minimum atomic E-state index is -3.50. The minimum absolute atomic E-state index is 0.143. The Kier molecular flexibility index (Phi) is 5.67. The van der Waals surface area contributed by atoms with Gasteiger partial charge >= 0.3 is 0 Å². The molecule has 3 aromatic rings. The molecular formula is C21H26N6O3S. The molecule has 1 aliphatic rings. The van der Waals surface area contributed by atoms with Gasteiger partial charge in [0.1, 0.15) is 23.5 Å². The number of hydrogen-bond donors (Lipinski definition) is 4. The summed E-state index contributed by atoms with van der Waals surface area (Å²) in [4.78, 5) is 24.2. The van der Waals surface area contributed by atoms with Gasteiger partial charge in [-0.3, -0.25) is 4.79 Å². The number of carbonyl (C=O) groups is 1. The van der Waals surface area contributed by atoms with Crippen molar-refractivity contribution in [3.8, 4) is 0 Å². The van der Waals surface area contributed by atoms with Crippen molar-refractivity contribution in [1.82, 2.24) is 25.0 Å². The molecule has 3 heterocycles. The van der Waals surface area contributed by atoms with E-state index in [1.165, 1.54) is 6.33 Å². The standard InChI is InChI=1S/C21H26N6O3S/c1-4-22-21(28)16-10-15-19(26-16)23-11-24-20(15)27-18(12(2)3)14-6-5-13-7-8-25-31(29,30)17(13)9-14/h5-6,9-12,18,25H,4,7-8H2,1-3H3,(H,22,28)(H2,23,24,26,27)/t18-/m0/s1. The summed E-state index contributed by atoms with van der Waals surface area (Å²) in [7, 11) is -3.50. The number of nitrogens with zero attached hydrogens (tertiary/aromatic N) is 2. The molecule has 1 aromatic carbocycles. The van der Waals surface area contributed by atoms with Crippen LogP contribution in [0.2, 0.25) is 0 Å². The third-order valence-corrected chi connectivity index (χ3v) is 6.94. The monoisotopic (exact) mass is 442 g/mol. The molecule has 0 aliphatic carbocycles. The number of rotatable bonds is 6. The van der Waals surface area contributed by atoms with E-state index in [0.717, 1.165) is 11.1 Å². The quantitative estimate of drug-likeness (QED) is 0.464. The molecule has 0 spiro atoms. The van der Waals surface area contributed by atoms with Crippen LogP contribution in [-0.4, -0.2) is 42.4 Å². The first-order valence-electron chi connectivity index (χ1n) is 10.3. The van der Waals surface area contributed by atoms with Gasteiger partial charge in [-0.2, -0.15) is 0 Å². The van der Waals surface area contributed by atoms with Crippen molar-refractivity contribution >= 4 is 32.8 Å². The molecule has 164 valence electrons.